The van der Waals surface area contributed by atoms with Gasteiger partial charge in [-0.25, -0.2) is 0 Å². The summed E-state index contributed by atoms with van der Waals surface area (Å²) in [6, 6.07) is 11.0. The summed E-state index contributed by atoms with van der Waals surface area (Å²) < 4.78 is 23.8. The number of benzene rings is 2. The van der Waals surface area contributed by atoms with Gasteiger partial charge in [0.2, 0.25) is 11.2 Å². The summed E-state index contributed by atoms with van der Waals surface area (Å²) in [6.45, 7) is 4.45. The Morgan fingerprint density at radius 1 is 1.21 bits per heavy atom. The number of nitrogens with zero attached hydrogens (tertiary/aromatic N) is 1. The van der Waals surface area contributed by atoms with Crippen molar-refractivity contribution in [2.24, 2.45) is 0 Å². The van der Waals surface area contributed by atoms with Crippen molar-refractivity contribution >= 4 is 26.9 Å². The normalized spacial score (nSPS) is 13.9. The van der Waals surface area contributed by atoms with Crippen molar-refractivity contribution in [2.75, 3.05) is 27.0 Å². The van der Waals surface area contributed by atoms with Crippen LogP contribution in [0.15, 0.2) is 50.1 Å². The molecule has 152 valence electrons. The first-order chi connectivity index (χ1) is 14.1. The summed E-state index contributed by atoms with van der Waals surface area (Å²) in [5.41, 5.74) is 1.25. The van der Waals surface area contributed by atoms with Gasteiger partial charge in [-0.3, -0.25) is 9.69 Å². The van der Waals surface area contributed by atoms with Crippen LogP contribution >= 0.6 is 15.9 Å². The minimum atomic E-state index is -0.196. The molecule has 1 aromatic heterocycles. The first-order valence-electron chi connectivity index (χ1n) is 9.44. The maximum atomic E-state index is 13.2. The molecule has 1 aliphatic rings. The van der Waals surface area contributed by atoms with Gasteiger partial charge in [0.05, 0.1) is 15.4 Å². The van der Waals surface area contributed by atoms with Crippen LogP contribution in [0, 0.1) is 6.92 Å². The minimum absolute atomic E-state index is 0.193. The molecular weight excluding hydrogens is 438 g/mol. The number of hydrogen-bond donors (Lipinski definition) is 0. The van der Waals surface area contributed by atoms with Crippen LogP contribution in [0.3, 0.4) is 0 Å². The number of fused-ring (bicyclic) bond motifs is 3. The second-order valence-electron chi connectivity index (χ2n) is 6.94. The van der Waals surface area contributed by atoms with Crippen LogP contribution in [0.2, 0.25) is 0 Å². The Labute approximate surface area is 177 Å². The lowest BCUT2D eigenvalue weighted by Gasteiger charge is -2.29. The Morgan fingerprint density at radius 2 is 2.03 bits per heavy atom. The molecule has 7 heteroatoms. The van der Waals surface area contributed by atoms with Crippen molar-refractivity contribution in [2.45, 2.75) is 19.9 Å². The molecule has 3 aromatic rings. The van der Waals surface area contributed by atoms with E-state index in [1.807, 2.05) is 24.3 Å². The van der Waals surface area contributed by atoms with Gasteiger partial charge in [-0.2, -0.15) is 0 Å². The smallest absolute Gasteiger partial charge is 0.235 e. The highest BCUT2D eigenvalue weighted by atomic mass is 79.9. The zero-order chi connectivity index (χ0) is 20.4. The SMILES string of the molecule is COCCCN1COc2ccc3c(=O)c(Oc4ccccc4Br)c(C)oc3c2C1. The number of ether oxygens (including phenoxy) is 3. The number of rotatable bonds is 6. The highest BCUT2D eigenvalue weighted by molar-refractivity contribution is 9.10. The molecule has 0 aliphatic carbocycles. The maximum Gasteiger partial charge on any atom is 0.235 e. The molecule has 0 amide bonds. The average Bonchev–Trinajstić information content (AvgIpc) is 2.72. The highest BCUT2D eigenvalue weighted by Crippen LogP contribution is 2.35. The van der Waals surface area contributed by atoms with E-state index >= 15 is 0 Å². The predicted molar refractivity (Wildman–Crippen MR) is 114 cm³/mol. The largest absolute Gasteiger partial charge is 0.478 e. The van der Waals surface area contributed by atoms with Crippen molar-refractivity contribution in [3.05, 3.63) is 62.4 Å². The Balaban J connectivity index is 1.71. The van der Waals surface area contributed by atoms with Crippen molar-refractivity contribution in [1.82, 2.24) is 4.90 Å². The molecule has 4 rings (SSSR count). The van der Waals surface area contributed by atoms with Crippen LogP contribution in [-0.4, -0.2) is 31.9 Å². The fraction of sp³-hybridized carbons (Fsp3) is 0.318. The molecule has 1 aliphatic heterocycles. The third-order valence-corrected chi connectivity index (χ3v) is 5.55. The standard InChI is InChI=1S/C22H22BrNO5/c1-14-21(29-19-7-4-3-6-17(19)23)20(25)15-8-9-18-16(22(15)28-14)12-24(13-27-18)10-5-11-26-2/h3-4,6-9H,5,10-13H2,1-2H3. The van der Waals surface area contributed by atoms with Gasteiger partial charge in [0.1, 0.15) is 29.6 Å². The Kier molecular flexibility index (Phi) is 5.89. The summed E-state index contributed by atoms with van der Waals surface area (Å²) in [5, 5.41) is 0.485. The summed E-state index contributed by atoms with van der Waals surface area (Å²) in [5.74, 6) is 1.94. The molecule has 2 aromatic carbocycles. The van der Waals surface area contributed by atoms with E-state index in [1.54, 1.807) is 26.2 Å². The van der Waals surface area contributed by atoms with Gasteiger partial charge < -0.3 is 18.6 Å². The number of hydrogen-bond acceptors (Lipinski definition) is 6. The molecule has 2 heterocycles. The molecule has 0 bridgehead atoms. The zero-order valence-corrected chi connectivity index (χ0v) is 18.0. The fourth-order valence-corrected chi connectivity index (χ4v) is 3.80. The van der Waals surface area contributed by atoms with E-state index in [0.717, 1.165) is 28.8 Å². The van der Waals surface area contributed by atoms with Gasteiger partial charge in [-0.05, 0) is 53.5 Å². The first-order valence-corrected chi connectivity index (χ1v) is 10.2. The lowest BCUT2D eigenvalue weighted by atomic mass is 10.1. The topological polar surface area (TPSA) is 61.1 Å². The molecular formula is C22H22BrNO5. The minimum Gasteiger partial charge on any atom is -0.478 e. The average molecular weight is 460 g/mol. The van der Waals surface area contributed by atoms with Crippen LogP contribution in [0.1, 0.15) is 17.7 Å². The highest BCUT2D eigenvalue weighted by Gasteiger charge is 2.24. The molecule has 0 fully saturated rings. The monoisotopic (exact) mass is 459 g/mol. The number of methoxy groups -OCH3 is 1. The van der Waals surface area contributed by atoms with E-state index < -0.39 is 0 Å². The fourth-order valence-electron chi connectivity index (χ4n) is 3.43. The van der Waals surface area contributed by atoms with E-state index in [2.05, 4.69) is 20.8 Å². The Hall–Kier alpha value is -2.35. The van der Waals surface area contributed by atoms with Crippen LogP contribution in [0.5, 0.6) is 17.2 Å². The molecule has 0 radical (unpaired) electrons. The third kappa shape index (κ3) is 4.03. The molecule has 6 nitrogen and oxygen atoms in total. The number of para-hydroxylation sites is 1. The number of halogens is 1. The van der Waals surface area contributed by atoms with Crippen LogP contribution < -0.4 is 14.9 Å². The lowest BCUT2D eigenvalue weighted by Crippen LogP contribution is -2.33. The Bertz CT molecular complexity index is 1090. The van der Waals surface area contributed by atoms with Gasteiger partial charge in [-0.1, -0.05) is 12.1 Å². The molecule has 0 spiro atoms. The van der Waals surface area contributed by atoms with Gasteiger partial charge in [-0.15, -0.1) is 0 Å². The van der Waals surface area contributed by atoms with Crippen LogP contribution in [0.25, 0.3) is 11.0 Å². The molecule has 0 saturated heterocycles. The summed E-state index contributed by atoms with van der Waals surface area (Å²) in [4.78, 5) is 15.3. The van der Waals surface area contributed by atoms with E-state index in [-0.39, 0.29) is 11.2 Å². The predicted octanol–water partition coefficient (Wildman–Crippen LogP) is 4.84. The van der Waals surface area contributed by atoms with Crippen LogP contribution in [-0.2, 0) is 11.3 Å². The van der Waals surface area contributed by atoms with Gasteiger partial charge in [0.25, 0.3) is 0 Å². The number of aryl methyl sites for hydroxylation is 1. The van der Waals surface area contributed by atoms with Crippen molar-refractivity contribution < 1.29 is 18.6 Å². The first kappa shape index (κ1) is 19.9. The molecule has 0 N–H and O–H groups in total. The molecule has 29 heavy (non-hydrogen) atoms. The molecule has 0 atom stereocenters. The quantitative estimate of drug-likeness (QED) is 0.491. The van der Waals surface area contributed by atoms with E-state index in [9.17, 15) is 4.79 Å². The maximum absolute atomic E-state index is 13.2. The zero-order valence-electron chi connectivity index (χ0n) is 16.4. The van der Waals surface area contributed by atoms with Gasteiger partial charge in [0.15, 0.2) is 0 Å². The summed E-state index contributed by atoms with van der Waals surface area (Å²) >= 11 is 3.45. The van der Waals surface area contributed by atoms with Gasteiger partial charge >= 0.3 is 0 Å². The molecule has 0 unspecified atom stereocenters. The second-order valence-corrected chi connectivity index (χ2v) is 7.79. The van der Waals surface area contributed by atoms with E-state index in [1.165, 1.54) is 0 Å². The summed E-state index contributed by atoms with van der Waals surface area (Å²) in [7, 11) is 1.70. The lowest BCUT2D eigenvalue weighted by molar-refractivity contribution is 0.0837. The van der Waals surface area contributed by atoms with Gasteiger partial charge in [0, 0.05) is 26.8 Å². The van der Waals surface area contributed by atoms with Crippen molar-refractivity contribution in [3.63, 3.8) is 0 Å². The van der Waals surface area contributed by atoms with E-state index in [4.69, 9.17) is 18.6 Å². The van der Waals surface area contributed by atoms with Crippen molar-refractivity contribution in [3.8, 4) is 17.2 Å². The molecule has 0 saturated carbocycles. The van der Waals surface area contributed by atoms with Crippen LogP contribution in [0.4, 0.5) is 0 Å². The second kappa shape index (κ2) is 8.57. The van der Waals surface area contributed by atoms with E-state index in [0.29, 0.717) is 42.4 Å². The Morgan fingerprint density at radius 3 is 2.83 bits per heavy atom. The third-order valence-electron chi connectivity index (χ3n) is 4.90. The summed E-state index contributed by atoms with van der Waals surface area (Å²) in [6.07, 6.45) is 0.910. The van der Waals surface area contributed by atoms with Crippen molar-refractivity contribution in [1.29, 1.82) is 0 Å².